The van der Waals surface area contributed by atoms with Gasteiger partial charge in [0.05, 0.1) is 25.6 Å². The minimum absolute atomic E-state index is 0.311. The largest absolute Gasteiger partial charge is 0.497 e. The van der Waals surface area contributed by atoms with Gasteiger partial charge in [0, 0.05) is 30.8 Å². The first-order valence-corrected chi connectivity index (χ1v) is 9.41. The van der Waals surface area contributed by atoms with Gasteiger partial charge >= 0.3 is 0 Å². The first-order valence-electron chi connectivity index (χ1n) is 9.41. The number of hydrogen-bond acceptors (Lipinski definition) is 5. The van der Waals surface area contributed by atoms with Crippen LogP contribution in [0.3, 0.4) is 0 Å². The molecule has 0 atom stereocenters. The summed E-state index contributed by atoms with van der Waals surface area (Å²) in [5.41, 5.74) is 7.98. The van der Waals surface area contributed by atoms with Gasteiger partial charge in [-0.15, -0.1) is 0 Å². The fraction of sp³-hybridized carbons (Fsp3) is 0.273. The summed E-state index contributed by atoms with van der Waals surface area (Å²) in [5, 5.41) is 2.87. The molecule has 0 radical (unpaired) electrons. The van der Waals surface area contributed by atoms with Crippen molar-refractivity contribution in [3.63, 3.8) is 0 Å². The lowest BCUT2D eigenvalue weighted by molar-refractivity contribution is -0.111. The van der Waals surface area contributed by atoms with Crippen LogP contribution >= 0.6 is 0 Å². The Morgan fingerprint density at radius 3 is 2.28 bits per heavy atom. The molecule has 1 fully saturated rings. The lowest BCUT2D eigenvalue weighted by Crippen LogP contribution is -2.21. The highest BCUT2D eigenvalue weighted by Crippen LogP contribution is 2.30. The highest BCUT2D eigenvalue weighted by Gasteiger charge is 2.18. The number of amides is 2. The van der Waals surface area contributed by atoms with E-state index in [4.69, 9.17) is 15.2 Å². The van der Waals surface area contributed by atoms with Crippen molar-refractivity contribution in [1.82, 2.24) is 0 Å². The van der Waals surface area contributed by atoms with E-state index in [2.05, 4.69) is 10.2 Å². The van der Waals surface area contributed by atoms with Gasteiger partial charge in [0.15, 0.2) is 0 Å². The molecule has 3 N–H and O–H groups in total. The molecule has 0 aromatic heterocycles. The maximum absolute atomic E-state index is 12.5. The predicted molar refractivity (Wildman–Crippen MR) is 114 cm³/mol. The van der Waals surface area contributed by atoms with E-state index in [-0.39, 0.29) is 5.91 Å². The molecule has 0 saturated carbocycles. The third-order valence-electron chi connectivity index (χ3n) is 4.79. The van der Waals surface area contributed by atoms with Crippen LogP contribution in [-0.4, -0.2) is 39.1 Å². The standard InChI is InChI=1S/C22H25N3O4/c1-28-17-11-15(12-18(14-17)29-2)5-8-21(26)24-19-13-16(22(23)27)6-7-20(19)25-9-3-4-10-25/h5-8,11-14H,3-4,9-10H2,1-2H3,(H2,23,27)(H,24,26)/b8-5+. The number of nitrogens with two attached hydrogens (primary N) is 1. The summed E-state index contributed by atoms with van der Waals surface area (Å²) in [6.07, 6.45) is 5.30. The Balaban J connectivity index is 1.81. The maximum Gasteiger partial charge on any atom is 0.248 e. The van der Waals surface area contributed by atoms with Crippen LogP contribution in [0, 0.1) is 0 Å². The summed E-state index contributed by atoms with van der Waals surface area (Å²) in [4.78, 5) is 26.3. The van der Waals surface area contributed by atoms with Gasteiger partial charge in [-0.05, 0) is 54.8 Å². The smallest absolute Gasteiger partial charge is 0.248 e. The average molecular weight is 395 g/mol. The Morgan fingerprint density at radius 2 is 1.69 bits per heavy atom. The molecule has 0 aliphatic carbocycles. The molecule has 2 amide bonds. The van der Waals surface area contributed by atoms with E-state index in [0.29, 0.717) is 22.7 Å². The van der Waals surface area contributed by atoms with Crippen LogP contribution in [-0.2, 0) is 4.79 Å². The molecule has 1 aliphatic rings. The van der Waals surface area contributed by atoms with Gasteiger partial charge in [0.2, 0.25) is 11.8 Å². The number of nitrogens with zero attached hydrogens (tertiary/aromatic N) is 1. The van der Waals surface area contributed by atoms with Gasteiger partial charge in [-0.3, -0.25) is 9.59 Å². The zero-order valence-corrected chi connectivity index (χ0v) is 16.6. The van der Waals surface area contributed by atoms with E-state index >= 15 is 0 Å². The van der Waals surface area contributed by atoms with Crippen LogP contribution in [0.15, 0.2) is 42.5 Å². The molecular weight excluding hydrogens is 370 g/mol. The molecule has 29 heavy (non-hydrogen) atoms. The van der Waals surface area contributed by atoms with Crippen molar-refractivity contribution >= 4 is 29.3 Å². The molecule has 1 saturated heterocycles. The number of ether oxygens (including phenoxy) is 2. The number of benzene rings is 2. The summed E-state index contributed by atoms with van der Waals surface area (Å²) >= 11 is 0. The Bertz CT molecular complexity index is 911. The van der Waals surface area contributed by atoms with Gasteiger partial charge in [0.1, 0.15) is 11.5 Å². The van der Waals surface area contributed by atoms with Gasteiger partial charge in [-0.25, -0.2) is 0 Å². The second-order valence-electron chi connectivity index (χ2n) is 6.76. The van der Waals surface area contributed by atoms with E-state index in [1.807, 2.05) is 6.07 Å². The third-order valence-corrected chi connectivity index (χ3v) is 4.79. The molecule has 2 aromatic rings. The number of methoxy groups -OCH3 is 2. The van der Waals surface area contributed by atoms with Crippen LogP contribution < -0.4 is 25.4 Å². The fourth-order valence-electron chi connectivity index (χ4n) is 3.30. The summed E-state index contributed by atoms with van der Waals surface area (Å²) < 4.78 is 10.5. The lowest BCUT2D eigenvalue weighted by atomic mass is 10.1. The predicted octanol–water partition coefficient (Wildman–Crippen LogP) is 3.05. The number of hydrogen-bond donors (Lipinski definition) is 2. The number of primary amides is 1. The summed E-state index contributed by atoms with van der Waals surface area (Å²) in [6.45, 7) is 1.83. The number of carbonyl (C=O) groups excluding carboxylic acids is 2. The van der Waals surface area contributed by atoms with Crippen molar-refractivity contribution in [1.29, 1.82) is 0 Å². The zero-order chi connectivity index (χ0) is 20.8. The number of anilines is 2. The van der Waals surface area contributed by atoms with Crippen molar-refractivity contribution in [2.24, 2.45) is 5.73 Å². The van der Waals surface area contributed by atoms with E-state index in [1.165, 1.54) is 6.08 Å². The lowest BCUT2D eigenvalue weighted by Gasteiger charge is -2.21. The number of nitrogens with one attached hydrogen (secondary N) is 1. The first-order chi connectivity index (χ1) is 14.0. The molecule has 2 aromatic carbocycles. The van der Waals surface area contributed by atoms with Crippen LogP contribution in [0.2, 0.25) is 0 Å². The van der Waals surface area contributed by atoms with Crippen LogP contribution in [0.25, 0.3) is 6.08 Å². The van der Waals surface area contributed by atoms with Crippen molar-refractivity contribution in [2.45, 2.75) is 12.8 Å². The quantitative estimate of drug-likeness (QED) is 0.703. The highest BCUT2D eigenvalue weighted by atomic mass is 16.5. The molecule has 3 rings (SSSR count). The summed E-state index contributed by atoms with van der Waals surface area (Å²) in [5.74, 6) is 0.422. The topological polar surface area (TPSA) is 93.9 Å². The molecule has 0 unspecified atom stereocenters. The molecule has 7 nitrogen and oxygen atoms in total. The van der Waals surface area contributed by atoms with E-state index in [0.717, 1.165) is 37.2 Å². The first kappa shape index (κ1) is 20.3. The van der Waals surface area contributed by atoms with E-state index in [9.17, 15) is 9.59 Å². The molecule has 1 heterocycles. The Kier molecular flexibility index (Phi) is 6.39. The Labute approximate surface area is 170 Å². The maximum atomic E-state index is 12.5. The molecule has 0 bridgehead atoms. The molecule has 7 heteroatoms. The highest BCUT2D eigenvalue weighted by molar-refractivity contribution is 6.05. The van der Waals surface area contributed by atoms with Gasteiger partial charge in [-0.2, -0.15) is 0 Å². The van der Waals surface area contributed by atoms with Crippen LogP contribution in [0.5, 0.6) is 11.5 Å². The van der Waals surface area contributed by atoms with Crippen molar-refractivity contribution < 1.29 is 19.1 Å². The summed E-state index contributed by atoms with van der Waals surface area (Å²) in [7, 11) is 3.14. The minimum Gasteiger partial charge on any atom is -0.497 e. The van der Waals surface area contributed by atoms with E-state index in [1.54, 1.807) is 50.6 Å². The zero-order valence-electron chi connectivity index (χ0n) is 16.6. The summed E-state index contributed by atoms with van der Waals surface area (Å²) in [6, 6.07) is 10.5. The monoisotopic (exact) mass is 395 g/mol. The van der Waals surface area contributed by atoms with Crippen molar-refractivity contribution in [3.8, 4) is 11.5 Å². The number of rotatable bonds is 7. The molecule has 0 spiro atoms. The van der Waals surface area contributed by atoms with Crippen LogP contribution in [0.1, 0.15) is 28.8 Å². The minimum atomic E-state index is -0.535. The van der Waals surface area contributed by atoms with E-state index < -0.39 is 5.91 Å². The normalized spacial score (nSPS) is 13.5. The number of carbonyl (C=O) groups is 2. The van der Waals surface area contributed by atoms with Crippen LogP contribution in [0.4, 0.5) is 11.4 Å². The van der Waals surface area contributed by atoms with Crippen molar-refractivity contribution in [3.05, 3.63) is 53.6 Å². The fourth-order valence-corrected chi connectivity index (χ4v) is 3.30. The Morgan fingerprint density at radius 1 is 1.03 bits per heavy atom. The Hall–Kier alpha value is -3.48. The molecule has 152 valence electrons. The van der Waals surface area contributed by atoms with Gasteiger partial charge < -0.3 is 25.4 Å². The van der Waals surface area contributed by atoms with Gasteiger partial charge in [-0.1, -0.05) is 0 Å². The average Bonchev–Trinajstić information content (AvgIpc) is 3.26. The third kappa shape index (κ3) is 5.07. The van der Waals surface area contributed by atoms with Gasteiger partial charge in [0.25, 0.3) is 0 Å². The van der Waals surface area contributed by atoms with Crippen molar-refractivity contribution in [2.75, 3.05) is 37.5 Å². The SMILES string of the molecule is COc1cc(/C=C/C(=O)Nc2cc(C(N)=O)ccc2N2CCCC2)cc(OC)c1. The second kappa shape index (κ2) is 9.14. The second-order valence-corrected chi connectivity index (χ2v) is 6.76. The molecule has 1 aliphatic heterocycles. The molecular formula is C22H25N3O4.